The molecule has 0 unspecified atom stereocenters. The number of rotatable bonds is 5. The van der Waals surface area contributed by atoms with Crippen molar-refractivity contribution >= 4 is 17.1 Å². The summed E-state index contributed by atoms with van der Waals surface area (Å²) in [5, 5.41) is 1.95. The lowest BCUT2D eigenvalue weighted by Crippen LogP contribution is -2.08. The SMILES string of the molecule is CC(C)Cc1ccc([C@H](C)C(=O)c2cccs2)cc1. The van der Waals surface area contributed by atoms with Gasteiger partial charge < -0.3 is 0 Å². The summed E-state index contributed by atoms with van der Waals surface area (Å²) in [6, 6.07) is 12.3. The number of benzene rings is 1. The van der Waals surface area contributed by atoms with Crippen molar-refractivity contribution < 1.29 is 4.79 Å². The van der Waals surface area contributed by atoms with Crippen molar-refractivity contribution in [2.75, 3.05) is 0 Å². The number of ketones is 1. The van der Waals surface area contributed by atoms with E-state index in [1.54, 1.807) is 0 Å². The van der Waals surface area contributed by atoms with Gasteiger partial charge in [-0.2, -0.15) is 0 Å². The minimum Gasteiger partial charge on any atom is -0.293 e. The molecule has 2 rings (SSSR count). The molecule has 0 radical (unpaired) electrons. The number of hydrogen-bond acceptors (Lipinski definition) is 2. The van der Waals surface area contributed by atoms with Crippen LogP contribution in [0.1, 0.15) is 47.5 Å². The van der Waals surface area contributed by atoms with Gasteiger partial charge >= 0.3 is 0 Å². The number of Topliss-reactive ketones (excluding diaryl/α,β-unsaturated/α-hetero) is 1. The first kappa shape index (κ1) is 14.0. The molecule has 0 amide bonds. The third-order valence-corrected chi connectivity index (χ3v) is 4.17. The van der Waals surface area contributed by atoms with Gasteiger partial charge in [-0.05, 0) is 34.9 Å². The van der Waals surface area contributed by atoms with Gasteiger partial charge in [-0.1, -0.05) is 51.1 Å². The van der Waals surface area contributed by atoms with Gasteiger partial charge in [-0.3, -0.25) is 4.79 Å². The van der Waals surface area contributed by atoms with Gasteiger partial charge in [0.25, 0.3) is 0 Å². The first-order chi connectivity index (χ1) is 9.08. The Labute approximate surface area is 119 Å². The second-order valence-corrected chi connectivity index (χ2v) is 6.35. The summed E-state index contributed by atoms with van der Waals surface area (Å²) in [6.45, 7) is 6.42. The molecule has 1 aromatic heterocycles. The maximum absolute atomic E-state index is 12.3. The van der Waals surface area contributed by atoms with E-state index >= 15 is 0 Å². The highest BCUT2D eigenvalue weighted by Crippen LogP contribution is 2.23. The summed E-state index contributed by atoms with van der Waals surface area (Å²) in [7, 11) is 0. The summed E-state index contributed by atoms with van der Waals surface area (Å²) in [6.07, 6.45) is 1.09. The molecule has 0 aliphatic rings. The van der Waals surface area contributed by atoms with E-state index in [0.717, 1.165) is 16.9 Å². The van der Waals surface area contributed by atoms with Crippen LogP contribution in [0.3, 0.4) is 0 Å². The van der Waals surface area contributed by atoms with E-state index in [1.807, 2.05) is 24.4 Å². The summed E-state index contributed by atoms with van der Waals surface area (Å²) < 4.78 is 0. The standard InChI is InChI=1S/C17H20OS/c1-12(2)11-14-6-8-15(9-7-14)13(3)17(18)16-5-4-10-19-16/h4-10,12-13H,11H2,1-3H3/t13-/m0/s1. The molecule has 0 spiro atoms. The van der Waals surface area contributed by atoms with Gasteiger partial charge in [0.1, 0.15) is 0 Å². The fraction of sp³-hybridized carbons (Fsp3) is 0.353. The molecule has 1 heterocycles. The number of carbonyl (C=O) groups is 1. The van der Waals surface area contributed by atoms with Crippen LogP contribution in [0.2, 0.25) is 0 Å². The van der Waals surface area contributed by atoms with Crippen LogP contribution in [0.5, 0.6) is 0 Å². The Hall–Kier alpha value is -1.41. The zero-order chi connectivity index (χ0) is 13.8. The number of hydrogen-bond donors (Lipinski definition) is 0. The summed E-state index contributed by atoms with van der Waals surface area (Å²) in [5.74, 6) is 0.814. The van der Waals surface area contributed by atoms with Crippen LogP contribution in [0.4, 0.5) is 0 Å². The highest BCUT2D eigenvalue weighted by molar-refractivity contribution is 7.12. The molecule has 0 bridgehead atoms. The van der Waals surface area contributed by atoms with Crippen LogP contribution >= 0.6 is 11.3 Å². The Bertz CT molecular complexity index is 523. The molecule has 0 saturated carbocycles. The van der Waals surface area contributed by atoms with E-state index in [4.69, 9.17) is 0 Å². The lowest BCUT2D eigenvalue weighted by Gasteiger charge is -2.11. The fourth-order valence-corrected chi connectivity index (χ4v) is 2.95. The Balaban J connectivity index is 2.11. The van der Waals surface area contributed by atoms with Crippen molar-refractivity contribution in [2.45, 2.75) is 33.1 Å². The first-order valence-corrected chi connectivity index (χ1v) is 7.62. The predicted molar refractivity (Wildman–Crippen MR) is 82.0 cm³/mol. The Morgan fingerprint density at radius 1 is 1.11 bits per heavy atom. The third-order valence-electron chi connectivity index (χ3n) is 3.28. The van der Waals surface area contributed by atoms with Crippen molar-refractivity contribution in [2.24, 2.45) is 5.92 Å². The van der Waals surface area contributed by atoms with Gasteiger partial charge in [0.05, 0.1) is 4.88 Å². The Kier molecular flexibility index (Phi) is 4.54. The molecule has 0 N–H and O–H groups in total. The van der Waals surface area contributed by atoms with E-state index in [1.165, 1.54) is 16.9 Å². The Morgan fingerprint density at radius 3 is 2.32 bits per heavy atom. The van der Waals surface area contributed by atoms with Crippen molar-refractivity contribution in [1.82, 2.24) is 0 Å². The largest absolute Gasteiger partial charge is 0.293 e. The molecule has 2 aromatic rings. The van der Waals surface area contributed by atoms with Gasteiger partial charge in [0, 0.05) is 5.92 Å². The molecule has 0 saturated heterocycles. The zero-order valence-electron chi connectivity index (χ0n) is 11.7. The molecule has 2 heteroatoms. The summed E-state index contributed by atoms with van der Waals surface area (Å²) in [5.41, 5.74) is 2.44. The zero-order valence-corrected chi connectivity index (χ0v) is 12.5. The first-order valence-electron chi connectivity index (χ1n) is 6.74. The normalized spacial score (nSPS) is 12.6. The van der Waals surface area contributed by atoms with E-state index < -0.39 is 0 Å². The third kappa shape index (κ3) is 3.54. The topological polar surface area (TPSA) is 17.1 Å². The Morgan fingerprint density at radius 2 is 1.79 bits per heavy atom. The van der Waals surface area contributed by atoms with Gasteiger partial charge in [0.2, 0.25) is 0 Å². The minimum absolute atomic E-state index is 0.0632. The molecule has 19 heavy (non-hydrogen) atoms. The lowest BCUT2D eigenvalue weighted by atomic mass is 9.93. The van der Waals surface area contributed by atoms with Crippen molar-refractivity contribution in [3.8, 4) is 0 Å². The van der Waals surface area contributed by atoms with Crippen molar-refractivity contribution in [3.63, 3.8) is 0 Å². The predicted octanol–water partition coefficient (Wildman–Crippen LogP) is 4.93. The minimum atomic E-state index is -0.0632. The van der Waals surface area contributed by atoms with E-state index in [2.05, 4.69) is 38.1 Å². The molecular formula is C17H20OS. The van der Waals surface area contributed by atoms with Crippen LogP contribution in [0.15, 0.2) is 41.8 Å². The monoisotopic (exact) mass is 272 g/mol. The van der Waals surface area contributed by atoms with Crippen LogP contribution in [-0.2, 0) is 6.42 Å². The van der Waals surface area contributed by atoms with Gasteiger partial charge in [-0.15, -0.1) is 11.3 Å². The van der Waals surface area contributed by atoms with Crippen LogP contribution in [0, 0.1) is 5.92 Å². The second kappa shape index (κ2) is 6.16. The highest BCUT2D eigenvalue weighted by atomic mass is 32.1. The van der Waals surface area contributed by atoms with Gasteiger partial charge in [0.15, 0.2) is 5.78 Å². The molecule has 1 atom stereocenters. The van der Waals surface area contributed by atoms with E-state index in [0.29, 0.717) is 5.92 Å². The molecule has 1 aromatic carbocycles. The smallest absolute Gasteiger partial charge is 0.179 e. The number of carbonyl (C=O) groups excluding carboxylic acids is 1. The van der Waals surface area contributed by atoms with Gasteiger partial charge in [-0.25, -0.2) is 0 Å². The van der Waals surface area contributed by atoms with Crippen LogP contribution in [0.25, 0.3) is 0 Å². The molecular weight excluding hydrogens is 252 g/mol. The van der Waals surface area contributed by atoms with Crippen LogP contribution < -0.4 is 0 Å². The average Bonchev–Trinajstić information content (AvgIpc) is 2.91. The van der Waals surface area contributed by atoms with E-state index in [-0.39, 0.29) is 11.7 Å². The maximum Gasteiger partial charge on any atom is 0.179 e. The highest BCUT2D eigenvalue weighted by Gasteiger charge is 2.17. The summed E-state index contributed by atoms with van der Waals surface area (Å²) >= 11 is 1.52. The van der Waals surface area contributed by atoms with E-state index in [9.17, 15) is 4.79 Å². The average molecular weight is 272 g/mol. The maximum atomic E-state index is 12.3. The molecule has 0 fully saturated rings. The molecule has 1 nitrogen and oxygen atoms in total. The fourth-order valence-electron chi connectivity index (χ4n) is 2.20. The summed E-state index contributed by atoms with van der Waals surface area (Å²) in [4.78, 5) is 13.1. The van der Waals surface area contributed by atoms with Crippen molar-refractivity contribution in [1.29, 1.82) is 0 Å². The lowest BCUT2D eigenvalue weighted by molar-refractivity contribution is 0.0970. The molecule has 100 valence electrons. The quantitative estimate of drug-likeness (QED) is 0.705. The van der Waals surface area contributed by atoms with Crippen molar-refractivity contribution in [3.05, 3.63) is 57.8 Å². The second-order valence-electron chi connectivity index (χ2n) is 5.40. The molecule has 0 aliphatic carbocycles. The molecule has 0 aliphatic heterocycles. The van der Waals surface area contributed by atoms with Crippen LogP contribution in [-0.4, -0.2) is 5.78 Å². The number of thiophene rings is 1.